The fourth-order valence-electron chi connectivity index (χ4n) is 1.43. The fraction of sp³-hybridized carbons (Fsp3) is 0.500. The second-order valence-electron chi connectivity index (χ2n) is 4.84. The van der Waals surface area contributed by atoms with Crippen LogP contribution in [-0.4, -0.2) is 11.9 Å². The minimum atomic E-state index is 0.114. The molecule has 1 aromatic carbocycles. The molecule has 0 saturated carbocycles. The Kier molecular flexibility index (Phi) is 5.01. The van der Waals surface area contributed by atoms with E-state index in [0.29, 0.717) is 12.3 Å². The van der Waals surface area contributed by atoms with Crippen LogP contribution < -0.4 is 11.1 Å². The third-order valence-electron chi connectivity index (χ3n) is 3.01. The molecule has 94 valence electrons. The fourth-order valence-corrected chi connectivity index (χ4v) is 1.43. The van der Waals surface area contributed by atoms with Gasteiger partial charge in [-0.1, -0.05) is 26.0 Å². The Morgan fingerprint density at radius 2 is 1.82 bits per heavy atom. The number of hydrogen-bond donors (Lipinski definition) is 2. The second-order valence-corrected chi connectivity index (χ2v) is 4.84. The highest BCUT2D eigenvalue weighted by Crippen LogP contribution is 2.08. The molecule has 0 saturated heterocycles. The SMILES string of the molecule is CC(C)C(C)NC(=O)CCc1ccc(N)cc1. The number of nitrogens with one attached hydrogen (secondary N) is 1. The molecule has 0 aliphatic heterocycles. The highest BCUT2D eigenvalue weighted by atomic mass is 16.1. The van der Waals surface area contributed by atoms with E-state index in [1.807, 2.05) is 31.2 Å². The lowest BCUT2D eigenvalue weighted by Crippen LogP contribution is -2.36. The second kappa shape index (κ2) is 6.28. The van der Waals surface area contributed by atoms with Crippen molar-refractivity contribution in [2.75, 3.05) is 5.73 Å². The van der Waals surface area contributed by atoms with E-state index < -0.39 is 0 Å². The van der Waals surface area contributed by atoms with Crippen LogP contribution in [0.3, 0.4) is 0 Å². The van der Waals surface area contributed by atoms with Gasteiger partial charge in [-0.3, -0.25) is 4.79 Å². The Morgan fingerprint density at radius 3 is 2.35 bits per heavy atom. The third kappa shape index (κ3) is 4.89. The van der Waals surface area contributed by atoms with Gasteiger partial charge in [-0.2, -0.15) is 0 Å². The van der Waals surface area contributed by atoms with Crippen molar-refractivity contribution in [3.05, 3.63) is 29.8 Å². The molecule has 17 heavy (non-hydrogen) atoms. The summed E-state index contributed by atoms with van der Waals surface area (Å²) < 4.78 is 0. The first-order chi connectivity index (χ1) is 7.99. The van der Waals surface area contributed by atoms with Crippen LogP contribution in [0.5, 0.6) is 0 Å². The number of carbonyl (C=O) groups excluding carboxylic acids is 1. The summed E-state index contributed by atoms with van der Waals surface area (Å²) in [5, 5.41) is 3.00. The standard InChI is InChI=1S/C14H22N2O/c1-10(2)11(3)16-14(17)9-6-12-4-7-13(15)8-5-12/h4-5,7-8,10-11H,6,9,15H2,1-3H3,(H,16,17). The Bertz CT molecular complexity index is 357. The van der Waals surface area contributed by atoms with Gasteiger partial charge in [0.05, 0.1) is 0 Å². The van der Waals surface area contributed by atoms with Gasteiger partial charge in [0.15, 0.2) is 0 Å². The summed E-state index contributed by atoms with van der Waals surface area (Å²) in [7, 11) is 0. The Labute approximate surface area is 103 Å². The smallest absolute Gasteiger partial charge is 0.220 e. The summed E-state index contributed by atoms with van der Waals surface area (Å²) in [6.45, 7) is 6.24. The molecular formula is C14H22N2O. The normalized spacial score (nSPS) is 12.5. The predicted molar refractivity (Wildman–Crippen MR) is 71.6 cm³/mol. The van der Waals surface area contributed by atoms with E-state index in [1.54, 1.807) is 0 Å². The number of benzene rings is 1. The number of carbonyl (C=O) groups is 1. The van der Waals surface area contributed by atoms with Crippen LogP contribution >= 0.6 is 0 Å². The molecule has 1 rings (SSSR count). The summed E-state index contributed by atoms with van der Waals surface area (Å²) >= 11 is 0. The molecule has 3 N–H and O–H groups in total. The van der Waals surface area contributed by atoms with E-state index in [4.69, 9.17) is 5.73 Å². The topological polar surface area (TPSA) is 55.1 Å². The zero-order valence-corrected chi connectivity index (χ0v) is 10.9. The van der Waals surface area contributed by atoms with Crippen molar-refractivity contribution in [2.45, 2.75) is 39.7 Å². The van der Waals surface area contributed by atoms with Crippen LogP contribution in [0.25, 0.3) is 0 Å². The Balaban J connectivity index is 2.35. The Hall–Kier alpha value is -1.51. The number of aryl methyl sites for hydroxylation is 1. The van der Waals surface area contributed by atoms with Crippen LogP contribution in [0.1, 0.15) is 32.8 Å². The van der Waals surface area contributed by atoms with Crippen molar-refractivity contribution in [1.82, 2.24) is 5.32 Å². The first kappa shape index (κ1) is 13.6. The quantitative estimate of drug-likeness (QED) is 0.768. The number of amides is 1. The highest BCUT2D eigenvalue weighted by molar-refractivity contribution is 5.76. The van der Waals surface area contributed by atoms with Crippen LogP contribution in [-0.2, 0) is 11.2 Å². The van der Waals surface area contributed by atoms with Gasteiger partial charge in [0.2, 0.25) is 5.91 Å². The number of hydrogen-bond acceptors (Lipinski definition) is 2. The third-order valence-corrected chi connectivity index (χ3v) is 3.01. The van der Waals surface area contributed by atoms with Crippen LogP contribution in [0.2, 0.25) is 0 Å². The lowest BCUT2D eigenvalue weighted by molar-refractivity contribution is -0.121. The molecule has 0 heterocycles. The van der Waals surface area contributed by atoms with Gasteiger partial charge < -0.3 is 11.1 Å². The van der Waals surface area contributed by atoms with Crippen molar-refractivity contribution in [3.8, 4) is 0 Å². The van der Waals surface area contributed by atoms with Crippen molar-refractivity contribution < 1.29 is 4.79 Å². The molecule has 1 unspecified atom stereocenters. The van der Waals surface area contributed by atoms with E-state index in [0.717, 1.165) is 17.7 Å². The summed E-state index contributed by atoms with van der Waals surface area (Å²) in [5.41, 5.74) is 7.50. The number of nitrogen functional groups attached to an aromatic ring is 1. The molecule has 3 nitrogen and oxygen atoms in total. The maximum atomic E-state index is 11.7. The lowest BCUT2D eigenvalue weighted by atomic mass is 10.1. The minimum Gasteiger partial charge on any atom is -0.399 e. The largest absolute Gasteiger partial charge is 0.399 e. The van der Waals surface area contributed by atoms with Crippen LogP contribution in [0, 0.1) is 5.92 Å². The molecule has 0 fully saturated rings. The number of anilines is 1. The molecular weight excluding hydrogens is 212 g/mol. The molecule has 1 aromatic rings. The van der Waals surface area contributed by atoms with Crippen molar-refractivity contribution in [3.63, 3.8) is 0 Å². The molecule has 0 radical (unpaired) electrons. The minimum absolute atomic E-state index is 0.114. The maximum absolute atomic E-state index is 11.7. The summed E-state index contributed by atoms with van der Waals surface area (Å²) in [6, 6.07) is 7.89. The zero-order chi connectivity index (χ0) is 12.8. The molecule has 0 aliphatic rings. The summed E-state index contributed by atoms with van der Waals surface area (Å²) in [5.74, 6) is 0.582. The average molecular weight is 234 g/mol. The maximum Gasteiger partial charge on any atom is 0.220 e. The van der Waals surface area contributed by atoms with E-state index in [2.05, 4.69) is 19.2 Å². The molecule has 0 aliphatic carbocycles. The monoisotopic (exact) mass is 234 g/mol. The van der Waals surface area contributed by atoms with Crippen molar-refractivity contribution in [1.29, 1.82) is 0 Å². The molecule has 0 spiro atoms. The molecule has 0 aromatic heterocycles. The lowest BCUT2D eigenvalue weighted by Gasteiger charge is -2.17. The van der Waals surface area contributed by atoms with E-state index in [1.165, 1.54) is 0 Å². The first-order valence-electron chi connectivity index (χ1n) is 6.13. The molecule has 1 amide bonds. The predicted octanol–water partition coefficient (Wildman–Crippen LogP) is 2.36. The van der Waals surface area contributed by atoms with Crippen LogP contribution in [0.15, 0.2) is 24.3 Å². The van der Waals surface area contributed by atoms with Gasteiger partial charge in [-0.15, -0.1) is 0 Å². The van der Waals surface area contributed by atoms with Crippen LogP contribution in [0.4, 0.5) is 5.69 Å². The van der Waals surface area contributed by atoms with E-state index in [9.17, 15) is 4.79 Å². The van der Waals surface area contributed by atoms with Gasteiger partial charge >= 0.3 is 0 Å². The highest BCUT2D eigenvalue weighted by Gasteiger charge is 2.10. The average Bonchev–Trinajstić information content (AvgIpc) is 2.28. The van der Waals surface area contributed by atoms with Crippen molar-refractivity contribution in [2.24, 2.45) is 5.92 Å². The van der Waals surface area contributed by atoms with Gasteiger partial charge in [-0.25, -0.2) is 0 Å². The molecule has 0 bridgehead atoms. The van der Waals surface area contributed by atoms with Gasteiger partial charge in [0.1, 0.15) is 0 Å². The van der Waals surface area contributed by atoms with Gasteiger partial charge in [0, 0.05) is 18.2 Å². The molecule has 1 atom stereocenters. The summed E-state index contributed by atoms with van der Waals surface area (Å²) in [4.78, 5) is 11.7. The zero-order valence-electron chi connectivity index (χ0n) is 10.9. The van der Waals surface area contributed by atoms with E-state index >= 15 is 0 Å². The summed E-state index contributed by atoms with van der Waals surface area (Å²) in [6.07, 6.45) is 1.29. The van der Waals surface area contributed by atoms with Crippen molar-refractivity contribution >= 4 is 11.6 Å². The number of nitrogens with two attached hydrogens (primary N) is 1. The molecule has 3 heteroatoms. The first-order valence-corrected chi connectivity index (χ1v) is 6.13. The Morgan fingerprint density at radius 1 is 1.24 bits per heavy atom. The van der Waals surface area contributed by atoms with Gasteiger partial charge in [0.25, 0.3) is 0 Å². The number of rotatable bonds is 5. The van der Waals surface area contributed by atoms with Gasteiger partial charge in [-0.05, 0) is 37.0 Å². The van der Waals surface area contributed by atoms with E-state index in [-0.39, 0.29) is 11.9 Å².